The molecule has 0 fully saturated rings. The Morgan fingerprint density at radius 1 is 1.04 bits per heavy atom. The van der Waals surface area contributed by atoms with Crippen molar-refractivity contribution in [1.29, 1.82) is 0 Å². The van der Waals surface area contributed by atoms with Crippen molar-refractivity contribution in [2.24, 2.45) is 5.73 Å². The van der Waals surface area contributed by atoms with E-state index in [9.17, 15) is 18.3 Å². The Morgan fingerprint density at radius 3 is 2.17 bits per heavy atom. The summed E-state index contributed by atoms with van der Waals surface area (Å²) >= 11 is 0. The summed E-state index contributed by atoms with van der Waals surface area (Å²) in [6.45, 7) is 0. The molecule has 124 valence electrons. The molecule has 1 atom stereocenters. The highest BCUT2D eigenvalue weighted by Crippen LogP contribution is 2.42. The molecule has 0 saturated carbocycles. The minimum Gasteiger partial charge on any atom is -0.508 e. The lowest BCUT2D eigenvalue weighted by atomic mass is 10.1. The van der Waals surface area contributed by atoms with Crippen LogP contribution in [0.1, 0.15) is 11.6 Å². The van der Waals surface area contributed by atoms with Gasteiger partial charge < -0.3 is 10.8 Å². The minimum atomic E-state index is -3.69. The van der Waals surface area contributed by atoms with E-state index in [-0.39, 0.29) is 16.4 Å². The second-order valence-electron chi connectivity index (χ2n) is 5.55. The molecule has 24 heavy (non-hydrogen) atoms. The number of rotatable bonds is 3. The Morgan fingerprint density at radius 2 is 1.62 bits per heavy atom. The minimum absolute atomic E-state index is 0.0472. The van der Waals surface area contributed by atoms with Gasteiger partial charge in [0, 0.05) is 11.9 Å². The molecule has 1 aliphatic heterocycles. The fourth-order valence-corrected chi connectivity index (χ4v) is 3.97. The largest absolute Gasteiger partial charge is 0.508 e. The summed E-state index contributed by atoms with van der Waals surface area (Å²) in [5.41, 5.74) is 6.67. The molecule has 1 heterocycles. The topological polar surface area (TPSA) is 101 Å². The Balaban J connectivity index is 2.22. The zero-order chi connectivity index (χ0) is 17.5. The molecule has 0 spiro atoms. The van der Waals surface area contributed by atoms with E-state index in [0.29, 0.717) is 11.3 Å². The number of amides is 1. The zero-order valence-electron chi connectivity index (χ0n) is 12.9. The van der Waals surface area contributed by atoms with Crippen molar-refractivity contribution >= 4 is 21.4 Å². The van der Waals surface area contributed by atoms with Gasteiger partial charge in [-0.15, -0.1) is 0 Å². The average Bonchev–Trinajstić information content (AvgIpc) is 2.81. The van der Waals surface area contributed by atoms with Crippen LogP contribution in [0.4, 0.5) is 5.69 Å². The van der Waals surface area contributed by atoms with Gasteiger partial charge in [0.15, 0.2) is 9.84 Å². The maximum absolute atomic E-state index is 12.6. The lowest BCUT2D eigenvalue weighted by Crippen LogP contribution is -2.31. The van der Waals surface area contributed by atoms with Crippen LogP contribution in [0, 0.1) is 0 Å². The number of benzene rings is 2. The predicted octanol–water partition coefficient (Wildman–Crippen LogP) is 1.69. The number of aromatic hydroxyl groups is 1. The van der Waals surface area contributed by atoms with Crippen molar-refractivity contribution in [2.75, 3.05) is 11.2 Å². The highest BCUT2D eigenvalue weighted by atomic mass is 32.2. The van der Waals surface area contributed by atoms with Gasteiger partial charge in [0.25, 0.3) is 5.91 Å². The van der Waals surface area contributed by atoms with Crippen LogP contribution in [0.2, 0.25) is 0 Å². The van der Waals surface area contributed by atoms with Crippen molar-refractivity contribution < 1.29 is 18.3 Å². The normalized spacial score (nSPS) is 18.3. The molecule has 1 amide bonds. The smallest absolute Gasteiger partial charge is 0.276 e. The van der Waals surface area contributed by atoms with Crippen LogP contribution in [0.5, 0.6) is 5.75 Å². The zero-order valence-corrected chi connectivity index (χ0v) is 13.7. The van der Waals surface area contributed by atoms with Gasteiger partial charge in [-0.3, -0.25) is 9.69 Å². The first-order valence-electron chi connectivity index (χ1n) is 7.18. The van der Waals surface area contributed by atoms with Crippen LogP contribution >= 0.6 is 0 Å². The van der Waals surface area contributed by atoms with E-state index in [1.807, 2.05) is 0 Å². The summed E-state index contributed by atoms with van der Waals surface area (Å²) in [7, 11) is -3.69. The number of carbonyl (C=O) groups excluding carboxylic acids is 1. The van der Waals surface area contributed by atoms with Crippen molar-refractivity contribution in [3.63, 3.8) is 0 Å². The third-order valence-electron chi connectivity index (χ3n) is 3.86. The molecule has 7 heteroatoms. The lowest BCUT2D eigenvalue weighted by molar-refractivity contribution is -0.114. The lowest BCUT2D eigenvalue weighted by Gasteiger charge is -2.27. The fourth-order valence-electron chi connectivity index (χ4n) is 2.83. The van der Waals surface area contributed by atoms with Gasteiger partial charge >= 0.3 is 0 Å². The Bertz CT molecular complexity index is 919. The molecule has 0 bridgehead atoms. The van der Waals surface area contributed by atoms with E-state index in [0.717, 1.165) is 6.26 Å². The van der Waals surface area contributed by atoms with E-state index in [1.165, 1.54) is 17.0 Å². The van der Waals surface area contributed by atoms with Crippen molar-refractivity contribution in [2.45, 2.75) is 6.04 Å². The SMILES string of the molecule is CS(=O)(=O)C1=C(N)C(=O)N(c2ccc(O)cc2)C1c1ccccc1. The molecule has 0 saturated heterocycles. The van der Waals surface area contributed by atoms with Gasteiger partial charge in [0.05, 0.1) is 0 Å². The van der Waals surface area contributed by atoms with Crippen LogP contribution in [0.3, 0.4) is 0 Å². The standard InChI is InChI=1S/C17H16N2O4S/c1-24(22,23)16-14(18)17(21)19(12-7-9-13(20)10-8-12)15(16)11-5-3-2-4-6-11/h2-10,15,20H,18H2,1H3. The Kier molecular flexibility index (Phi) is 3.81. The number of anilines is 1. The van der Waals surface area contributed by atoms with Gasteiger partial charge in [-0.1, -0.05) is 30.3 Å². The number of phenols is 1. The molecule has 0 aliphatic carbocycles. The summed E-state index contributed by atoms with van der Waals surface area (Å²) in [4.78, 5) is 13.9. The third-order valence-corrected chi connectivity index (χ3v) is 5.11. The summed E-state index contributed by atoms with van der Waals surface area (Å²) < 4.78 is 24.5. The van der Waals surface area contributed by atoms with Crippen molar-refractivity contribution in [1.82, 2.24) is 0 Å². The molecule has 1 aliphatic rings. The molecule has 1 unspecified atom stereocenters. The first-order valence-corrected chi connectivity index (χ1v) is 9.07. The second kappa shape index (κ2) is 5.68. The quantitative estimate of drug-likeness (QED) is 0.882. The van der Waals surface area contributed by atoms with Gasteiger partial charge in [-0.25, -0.2) is 8.42 Å². The van der Waals surface area contributed by atoms with Crippen LogP contribution in [0.15, 0.2) is 65.2 Å². The van der Waals surface area contributed by atoms with E-state index in [1.54, 1.807) is 42.5 Å². The van der Waals surface area contributed by atoms with Crippen LogP contribution in [-0.4, -0.2) is 25.7 Å². The molecule has 2 aromatic carbocycles. The van der Waals surface area contributed by atoms with E-state index in [2.05, 4.69) is 0 Å². The molecule has 0 radical (unpaired) electrons. The monoisotopic (exact) mass is 344 g/mol. The van der Waals surface area contributed by atoms with Gasteiger partial charge in [-0.05, 0) is 29.8 Å². The average molecular weight is 344 g/mol. The van der Waals surface area contributed by atoms with Crippen molar-refractivity contribution in [3.05, 3.63) is 70.8 Å². The van der Waals surface area contributed by atoms with Gasteiger partial charge in [0.1, 0.15) is 22.4 Å². The summed E-state index contributed by atoms with van der Waals surface area (Å²) in [6, 6.07) is 13.9. The molecular formula is C17H16N2O4S. The van der Waals surface area contributed by atoms with Gasteiger partial charge in [0.2, 0.25) is 0 Å². The number of nitrogens with two attached hydrogens (primary N) is 1. The first kappa shape index (κ1) is 16.1. The number of sulfone groups is 1. The number of hydrogen-bond donors (Lipinski definition) is 2. The van der Waals surface area contributed by atoms with E-state index in [4.69, 9.17) is 5.73 Å². The van der Waals surface area contributed by atoms with Crippen LogP contribution < -0.4 is 10.6 Å². The molecule has 3 rings (SSSR count). The van der Waals surface area contributed by atoms with Crippen molar-refractivity contribution in [3.8, 4) is 5.75 Å². The highest BCUT2D eigenvalue weighted by molar-refractivity contribution is 7.94. The number of carbonyl (C=O) groups is 1. The highest BCUT2D eigenvalue weighted by Gasteiger charge is 2.44. The Hall–Kier alpha value is -2.80. The van der Waals surface area contributed by atoms with Crippen LogP contribution in [-0.2, 0) is 14.6 Å². The van der Waals surface area contributed by atoms with Gasteiger partial charge in [-0.2, -0.15) is 0 Å². The molecule has 3 N–H and O–H groups in total. The maximum Gasteiger partial charge on any atom is 0.276 e. The fraction of sp³-hybridized carbons (Fsp3) is 0.118. The molecule has 6 nitrogen and oxygen atoms in total. The summed E-state index contributed by atoms with van der Waals surface area (Å²) in [5.74, 6) is -0.527. The molecule has 0 aromatic heterocycles. The molecule has 2 aromatic rings. The number of hydrogen-bond acceptors (Lipinski definition) is 5. The maximum atomic E-state index is 12.6. The van der Waals surface area contributed by atoms with E-state index < -0.39 is 21.8 Å². The first-order chi connectivity index (χ1) is 11.3. The predicted molar refractivity (Wildman–Crippen MR) is 90.8 cm³/mol. The second-order valence-corrected chi connectivity index (χ2v) is 7.54. The summed E-state index contributed by atoms with van der Waals surface area (Å²) in [6.07, 6.45) is 1.04. The van der Waals surface area contributed by atoms with Crippen LogP contribution in [0.25, 0.3) is 0 Å². The third kappa shape index (κ3) is 2.63. The number of nitrogens with zero attached hydrogens (tertiary/aromatic N) is 1. The Labute approximate surface area is 139 Å². The number of phenolic OH excluding ortho intramolecular Hbond substituents is 1. The molecular weight excluding hydrogens is 328 g/mol. The van der Waals surface area contributed by atoms with E-state index >= 15 is 0 Å². The summed E-state index contributed by atoms with van der Waals surface area (Å²) in [5, 5.41) is 9.45.